The Morgan fingerprint density at radius 2 is 1.89 bits per heavy atom. The molecule has 0 saturated carbocycles. The first-order valence-corrected chi connectivity index (χ1v) is 10.2. The van der Waals surface area contributed by atoms with Crippen LogP contribution in [0.1, 0.15) is 17.4 Å². The number of aromatic nitrogens is 2. The third-order valence-corrected chi connectivity index (χ3v) is 6.41. The highest BCUT2D eigenvalue weighted by Gasteiger charge is 2.21. The molecule has 0 bridgehead atoms. The molecule has 0 aliphatic carbocycles. The third kappa shape index (κ3) is 3.21. The van der Waals surface area contributed by atoms with E-state index >= 15 is 0 Å². The minimum atomic E-state index is 0.327. The van der Waals surface area contributed by atoms with Crippen LogP contribution in [0.3, 0.4) is 0 Å². The maximum atomic E-state index is 5.49. The second kappa shape index (κ2) is 6.98. The lowest BCUT2D eigenvalue weighted by Gasteiger charge is -2.35. The van der Waals surface area contributed by atoms with Gasteiger partial charge in [0.2, 0.25) is 6.79 Å². The number of aryl methyl sites for hydroxylation is 1. The van der Waals surface area contributed by atoms with Crippen LogP contribution in [0.15, 0.2) is 30.6 Å². The summed E-state index contributed by atoms with van der Waals surface area (Å²) in [7, 11) is 0. The second-order valence-corrected chi connectivity index (χ2v) is 8.05. The van der Waals surface area contributed by atoms with E-state index in [-0.39, 0.29) is 0 Å². The summed E-state index contributed by atoms with van der Waals surface area (Å²) in [5.41, 5.74) is 1.27. The van der Waals surface area contributed by atoms with E-state index in [1.807, 2.05) is 6.07 Å². The minimum absolute atomic E-state index is 0.327. The first kappa shape index (κ1) is 16.8. The van der Waals surface area contributed by atoms with Crippen molar-refractivity contribution in [2.24, 2.45) is 0 Å². The van der Waals surface area contributed by atoms with Gasteiger partial charge in [0, 0.05) is 37.6 Å². The van der Waals surface area contributed by atoms with Crippen LogP contribution in [-0.2, 0) is 13.0 Å². The number of benzene rings is 1. The Morgan fingerprint density at radius 1 is 1.04 bits per heavy atom. The van der Waals surface area contributed by atoms with Gasteiger partial charge >= 0.3 is 0 Å². The van der Waals surface area contributed by atoms with Gasteiger partial charge in [-0.2, -0.15) is 0 Å². The molecule has 0 radical (unpaired) electrons. The maximum absolute atomic E-state index is 5.49. The maximum Gasteiger partial charge on any atom is 0.231 e. The standard InChI is InChI=1S/C20H22N4O2S/c1-2-15-10-16-19(21-12-22-20(16)27-15)24-7-5-23(6-8-24)11-14-3-4-17-18(9-14)26-13-25-17/h3-4,9-10,12H,2,5-8,11,13H2,1H3. The summed E-state index contributed by atoms with van der Waals surface area (Å²) in [6.07, 6.45) is 2.75. The van der Waals surface area contributed by atoms with Gasteiger partial charge in [-0.1, -0.05) is 13.0 Å². The van der Waals surface area contributed by atoms with E-state index in [0.29, 0.717) is 6.79 Å². The van der Waals surface area contributed by atoms with E-state index in [4.69, 9.17) is 9.47 Å². The lowest BCUT2D eigenvalue weighted by atomic mass is 10.1. The molecule has 0 unspecified atom stereocenters. The van der Waals surface area contributed by atoms with E-state index in [1.54, 1.807) is 17.7 Å². The monoisotopic (exact) mass is 382 g/mol. The number of anilines is 1. The summed E-state index contributed by atoms with van der Waals surface area (Å²) in [6.45, 7) is 7.44. The number of hydrogen-bond acceptors (Lipinski definition) is 7. The molecule has 2 aliphatic heterocycles. The zero-order chi connectivity index (χ0) is 18.2. The molecular weight excluding hydrogens is 360 g/mol. The van der Waals surface area contributed by atoms with E-state index in [1.165, 1.54) is 15.8 Å². The SMILES string of the molecule is CCc1cc2c(N3CCN(Cc4ccc5c(c4)OCO5)CC3)ncnc2s1. The Morgan fingerprint density at radius 3 is 2.74 bits per heavy atom. The van der Waals surface area contributed by atoms with Crippen molar-refractivity contribution in [3.8, 4) is 11.5 Å². The van der Waals surface area contributed by atoms with E-state index in [2.05, 4.69) is 44.9 Å². The van der Waals surface area contributed by atoms with Crippen LogP contribution in [0, 0.1) is 0 Å². The Hall–Kier alpha value is -2.38. The highest BCUT2D eigenvalue weighted by molar-refractivity contribution is 7.18. The molecule has 27 heavy (non-hydrogen) atoms. The van der Waals surface area contributed by atoms with Crippen molar-refractivity contribution in [3.05, 3.63) is 41.0 Å². The average molecular weight is 382 g/mol. The highest BCUT2D eigenvalue weighted by Crippen LogP contribution is 2.33. The number of fused-ring (bicyclic) bond motifs is 2. The molecule has 1 fully saturated rings. The fourth-order valence-electron chi connectivity index (χ4n) is 3.73. The van der Waals surface area contributed by atoms with Crippen molar-refractivity contribution in [2.45, 2.75) is 19.9 Å². The number of ether oxygens (including phenoxy) is 2. The van der Waals surface area contributed by atoms with Crippen LogP contribution in [0.25, 0.3) is 10.2 Å². The summed E-state index contributed by atoms with van der Waals surface area (Å²) in [6, 6.07) is 8.49. The van der Waals surface area contributed by atoms with Gasteiger partial charge in [-0.15, -0.1) is 11.3 Å². The van der Waals surface area contributed by atoms with Crippen molar-refractivity contribution in [3.63, 3.8) is 0 Å². The predicted molar refractivity (Wildman–Crippen MR) is 107 cm³/mol. The van der Waals surface area contributed by atoms with Gasteiger partial charge in [0.1, 0.15) is 17.0 Å². The Labute approximate surface area is 162 Å². The fraction of sp³-hybridized carbons (Fsp3) is 0.400. The molecule has 0 spiro atoms. The molecule has 3 aromatic rings. The molecule has 0 atom stereocenters. The molecular formula is C20H22N4O2S. The quantitative estimate of drug-likeness (QED) is 0.690. The summed E-state index contributed by atoms with van der Waals surface area (Å²) in [5, 5.41) is 1.20. The summed E-state index contributed by atoms with van der Waals surface area (Å²) in [5.74, 6) is 2.79. The Bertz CT molecular complexity index is 966. The minimum Gasteiger partial charge on any atom is -0.454 e. The van der Waals surface area contributed by atoms with Crippen LogP contribution >= 0.6 is 11.3 Å². The smallest absolute Gasteiger partial charge is 0.231 e. The fourth-order valence-corrected chi connectivity index (χ4v) is 4.66. The number of hydrogen-bond donors (Lipinski definition) is 0. The van der Waals surface area contributed by atoms with Gasteiger partial charge in [0.25, 0.3) is 0 Å². The van der Waals surface area contributed by atoms with Gasteiger partial charge in [0.15, 0.2) is 11.5 Å². The van der Waals surface area contributed by atoms with Crippen LogP contribution in [-0.4, -0.2) is 47.8 Å². The van der Waals surface area contributed by atoms with Gasteiger partial charge in [-0.3, -0.25) is 4.90 Å². The first-order valence-electron chi connectivity index (χ1n) is 9.39. The Balaban J connectivity index is 1.27. The zero-order valence-electron chi connectivity index (χ0n) is 15.4. The summed E-state index contributed by atoms with van der Waals surface area (Å²) < 4.78 is 10.9. The molecule has 0 N–H and O–H groups in total. The summed E-state index contributed by atoms with van der Waals surface area (Å²) >= 11 is 1.78. The normalized spacial score (nSPS) is 17.0. The van der Waals surface area contributed by atoms with E-state index < -0.39 is 0 Å². The van der Waals surface area contributed by atoms with E-state index in [0.717, 1.165) is 61.3 Å². The molecule has 6 nitrogen and oxygen atoms in total. The Kier molecular flexibility index (Phi) is 4.33. The molecule has 5 rings (SSSR count). The van der Waals surface area contributed by atoms with Gasteiger partial charge in [-0.05, 0) is 30.2 Å². The van der Waals surface area contributed by atoms with Gasteiger partial charge < -0.3 is 14.4 Å². The largest absolute Gasteiger partial charge is 0.454 e. The topological polar surface area (TPSA) is 50.7 Å². The van der Waals surface area contributed by atoms with Crippen LogP contribution in [0.4, 0.5) is 5.82 Å². The van der Waals surface area contributed by atoms with E-state index in [9.17, 15) is 0 Å². The molecule has 140 valence electrons. The number of rotatable bonds is 4. The van der Waals surface area contributed by atoms with Crippen molar-refractivity contribution in [2.75, 3.05) is 37.9 Å². The lowest BCUT2D eigenvalue weighted by Crippen LogP contribution is -2.46. The van der Waals surface area contributed by atoms with Crippen molar-refractivity contribution >= 4 is 27.4 Å². The van der Waals surface area contributed by atoms with Crippen molar-refractivity contribution < 1.29 is 9.47 Å². The van der Waals surface area contributed by atoms with Crippen LogP contribution in [0.2, 0.25) is 0 Å². The summed E-state index contributed by atoms with van der Waals surface area (Å²) in [4.78, 5) is 16.4. The van der Waals surface area contributed by atoms with Gasteiger partial charge in [0.05, 0.1) is 5.39 Å². The average Bonchev–Trinajstić information content (AvgIpc) is 3.34. The number of nitrogens with zero attached hydrogens (tertiary/aromatic N) is 4. The second-order valence-electron chi connectivity index (χ2n) is 6.93. The predicted octanol–water partition coefficient (Wildman–Crippen LogP) is 3.30. The van der Waals surface area contributed by atoms with Crippen LogP contribution in [0.5, 0.6) is 11.5 Å². The molecule has 1 aromatic carbocycles. The third-order valence-electron chi connectivity index (χ3n) is 5.22. The van der Waals surface area contributed by atoms with Crippen molar-refractivity contribution in [1.29, 1.82) is 0 Å². The number of thiophene rings is 1. The number of piperazine rings is 1. The first-order chi connectivity index (χ1) is 13.3. The molecule has 7 heteroatoms. The van der Waals surface area contributed by atoms with Gasteiger partial charge in [-0.25, -0.2) is 9.97 Å². The molecule has 4 heterocycles. The van der Waals surface area contributed by atoms with Crippen LogP contribution < -0.4 is 14.4 Å². The molecule has 2 aliphatic rings. The highest BCUT2D eigenvalue weighted by atomic mass is 32.1. The lowest BCUT2D eigenvalue weighted by molar-refractivity contribution is 0.174. The molecule has 2 aromatic heterocycles. The molecule has 0 amide bonds. The molecule has 1 saturated heterocycles. The zero-order valence-corrected chi connectivity index (χ0v) is 16.2. The van der Waals surface area contributed by atoms with Crippen molar-refractivity contribution in [1.82, 2.24) is 14.9 Å².